The van der Waals surface area contributed by atoms with Gasteiger partial charge in [0.25, 0.3) is 5.09 Å². The fraction of sp³-hybridized carbons (Fsp3) is 0. The molecule has 0 aliphatic rings. The van der Waals surface area contributed by atoms with E-state index in [1.54, 1.807) is 0 Å². The Balaban J connectivity index is -0.00000000300. The molecule has 0 bridgehead atoms. The average molecular weight is 183 g/mol. The molecule has 30 valence electrons. The predicted octanol–water partition coefficient (Wildman–Crippen LogP) is -9.00. The molecule has 0 fully saturated rings. The Morgan fingerprint density at radius 2 is 1.43 bits per heavy atom. The van der Waals surface area contributed by atoms with Gasteiger partial charge >= 0.3 is 154 Å². The van der Waals surface area contributed by atoms with Crippen LogP contribution in [-0.4, -0.2) is 10.3 Å². The van der Waals surface area contributed by atoms with Crippen LogP contribution in [0.1, 0.15) is 4.28 Å². The first-order valence-electron chi connectivity index (χ1n) is 0.565. The molecule has 0 spiro atoms. The maximum absolute atomic E-state index is 8.36. The molecule has 0 saturated carbocycles. The van der Waals surface area contributed by atoms with Gasteiger partial charge in [0.2, 0.25) is 0 Å². The van der Waals surface area contributed by atoms with Gasteiger partial charge in [-0.25, -0.2) is 0 Å². The van der Waals surface area contributed by atoms with Crippen molar-refractivity contribution >= 4 is 0 Å². The monoisotopic (exact) mass is 183 g/mol. The normalized spacial score (nSPS) is 3.43. The van der Waals surface area contributed by atoms with Crippen molar-refractivity contribution in [1.29, 1.82) is 0 Å². The molecule has 0 rings (SSSR count). The third kappa shape index (κ3) is 39.4. The molecule has 0 aliphatic carbocycles. The van der Waals surface area contributed by atoms with Crippen LogP contribution in [0.5, 0.6) is 0 Å². The molecule has 0 heterocycles. The summed E-state index contributed by atoms with van der Waals surface area (Å²) in [5.74, 6) is 0. The van der Waals surface area contributed by atoms with Gasteiger partial charge in [0.05, 0.1) is 0 Å². The van der Waals surface area contributed by atoms with Gasteiger partial charge in [0.15, 0.2) is 0 Å². The molecule has 0 amide bonds. The molecule has 0 unspecified atom stereocenters. The van der Waals surface area contributed by atoms with Crippen molar-refractivity contribution in [3.63, 3.8) is 0 Å². The maximum atomic E-state index is 8.36. The zero-order valence-electron chi connectivity index (χ0n) is 7.71. The van der Waals surface area contributed by atoms with E-state index in [-0.39, 0.29) is 158 Å². The molecule has 4 nitrogen and oxygen atoms in total. The first kappa shape index (κ1) is 22.5. The van der Waals surface area contributed by atoms with Crippen molar-refractivity contribution in [3.8, 4) is 0 Å². The largest absolute Gasteiger partial charge is 1.00 e. The SMILES string of the molecule is O=[N+]([O-])O.[H-].[H-].[H-].[K+].[K+].[K+]. The second-order valence-electron chi connectivity index (χ2n) is 0.238. The predicted molar refractivity (Wildman–Crippen MR) is 12.1 cm³/mol. The Kier molecular flexibility index (Phi) is 53.3. The van der Waals surface area contributed by atoms with Crippen LogP contribution < -0.4 is 154 Å². The van der Waals surface area contributed by atoms with Gasteiger partial charge in [-0.1, -0.05) is 0 Å². The van der Waals surface area contributed by atoms with Gasteiger partial charge in [-0.2, -0.15) is 0 Å². The van der Waals surface area contributed by atoms with E-state index in [9.17, 15) is 0 Å². The molecule has 1 N–H and O–H groups in total. The smallest absolute Gasteiger partial charge is 1.00 e. The molecule has 0 saturated heterocycles. The van der Waals surface area contributed by atoms with Gasteiger partial charge in [-0.15, -0.1) is 10.1 Å². The second-order valence-corrected chi connectivity index (χ2v) is 0.238. The first-order chi connectivity index (χ1) is 1.73. The number of hydrogen-bond acceptors (Lipinski definition) is 2. The molecule has 0 aromatic carbocycles. The van der Waals surface area contributed by atoms with Crippen molar-refractivity contribution in [2.45, 2.75) is 0 Å². The van der Waals surface area contributed by atoms with Gasteiger partial charge in [-0.05, 0) is 0 Å². The van der Waals surface area contributed by atoms with Gasteiger partial charge in [0, 0.05) is 0 Å². The van der Waals surface area contributed by atoms with Gasteiger partial charge < -0.3 is 9.49 Å². The molecular formula is H4K3NO3. The van der Waals surface area contributed by atoms with Crippen LogP contribution in [-0.2, 0) is 0 Å². The number of nitrogens with zero attached hydrogens (tertiary/aromatic N) is 1. The Morgan fingerprint density at radius 3 is 1.43 bits per heavy atom. The quantitative estimate of drug-likeness (QED) is 0.230. The van der Waals surface area contributed by atoms with Gasteiger partial charge in [0.1, 0.15) is 0 Å². The minimum absolute atomic E-state index is 0. The van der Waals surface area contributed by atoms with Crippen LogP contribution in [0.25, 0.3) is 0 Å². The summed E-state index contributed by atoms with van der Waals surface area (Å²) in [7, 11) is 0. The minimum Gasteiger partial charge on any atom is -1.00 e. The van der Waals surface area contributed by atoms with Crippen molar-refractivity contribution in [2.24, 2.45) is 0 Å². The summed E-state index contributed by atoms with van der Waals surface area (Å²) in [6.07, 6.45) is 0. The van der Waals surface area contributed by atoms with E-state index >= 15 is 0 Å². The molecule has 0 aromatic rings. The molecule has 7 heteroatoms. The zero-order chi connectivity index (χ0) is 3.58. The van der Waals surface area contributed by atoms with E-state index < -0.39 is 5.09 Å². The summed E-state index contributed by atoms with van der Waals surface area (Å²) in [5.41, 5.74) is 0. The summed E-state index contributed by atoms with van der Waals surface area (Å²) in [5, 5.41) is 13.6. The number of hydrogen-bond donors (Lipinski definition) is 1. The van der Waals surface area contributed by atoms with E-state index in [1.807, 2.05) is 0 Å². The van der Waals surface area contributed by atoms with Crippen molar-refractivity contribution in [2.75, 3.05) is 0 Å². The van der Waals surface area contributed by atoms with E-state index in [4.69, 9.17) is 15.3 Å². The van der Waals surface area contributed by atoms with Crippen LogP contribution in [0.4, 0.5) is 0 Å². The van der Waals surface area contributed by atoms with Crippen LogP contribution in [0.15, 0.2) is 0 Å². The molecular weight excluding hydrogens is 179 g/mol. The summed E-state index contributed by atoms with van der Waals surface area (Å²) in [4.78, 5) is 8.36. The molecule has 0 atom stereocenters. The van der Waals surface area contributed by atoms with Crippen molar-refractivity contribution in [3.05, 3.63) is 10.1 Å². The summed E-state index contributed by atoms with van der Waals surface area (Å²) < 4.78 is 0. The van der Waals surface area contributed by atoms with Crippen LogP contribution in [0.3, 0.4) is 0 Å². The standard InChI is InChI=1S/3K.HNO3.3H/c;;;2-1(3)4;;;/h;;;(H,2,3,4);;;/q3*+1;;3*-1. The average Bonchev–Trinajstić information content (AvgIpc) is 0.811. The Morgan fingerprint density at radius 1 is 1.43 bits per heavy atom. The van der Waals surface area contributed by atoms with Gasteiger partial charge in [-0.3, -0.25) is 0 Å². The summed E-state index contributed by atoms with van der Waals surface area (Å²) in [6, 6.07) is 0. The minimum atomic E-state index is -1.50. The second kappa shape index (κ2) is 16.6. The number of rotatable bonds is 0. The molecule has 0 aliphatic heterocycles. The van der Waals surface area contributed by atoms with E-state index in [1.165, 1.54) is 0 Å². The fourth-order valence-corrected chi connectivity index (χ4v) is 0. The van der Waals surface area contributed by atoms with E-state index in [0.717, 1.165) is 0 Å². The fourth-order valence-electron chi connectivity index (χ4n) is 0. The third-order valence-corrected chi connectivity index (χ3v) is 0. The van der Waals surface area contributed by atoms with Crippen LogP contribution in [0, 0.1) is 10.1 Å². The topological polar surface area (TPSA) is 63.4 Å². The third-order valence-electron chi connectivity index (χ3n) is 0. The van der Waals surface area contributed by atoms with Crippen molar-refractivity contribution in [1.82, 2.24) is 0 Å². The molecule has 0 aromatic heterocycles. The first-order valence-corrected chi connectivity index (χ1v) is 0.565. The van der Waals surface area contributed by atoms with E-state index in [2.05, 4.69) is 0 Å². The summed E-state index contributed by atoms with van der Waals surface area (Å²) >= 11 is 0. The van der Waals surface area contributed by atoms with Crippen molar-refractivity contribution < 1.29 is 169 Å². The van der Waals surface area contributed by atoms with Crippen LogP contribution in [0.2, 0.25) is 0 Å². The van der Waals surface area contributed by atoms with Crippen LogP contribution >= 0.6 is 0 Å². The Labute approximate surface area is 173 Å². The summed E-state index contributed by atoms with van der Waals surface area (Å²) in [6.45, 7) is 0. The maximum Gasteiger partial charge on any atom is 1.00 e. The van der Waals surface area contributed by atoms with E-state index in [0.29, 0.717) is 0 Å². The Bertz CT molecular complexity index is 42.0. The molecule has 0 radical (unpaired) electrons. The Hall–Kier alpha value is 4.11. The molecule has 7 heavy (non-hydrogen) atoms. The zero-order valence-corrected chi connectivity index (χ0v) is 14.1.